The zero-order chi connectivity index (χ0) is 9.90. The summed E-state index contributed by atoms with van der Waals surface area (Å²) in [5.41, 5.74) is -0.365. The van der Waals surface area contributed by atoms with Gasteiger partial charge in [0.2, 0.25) is 0 Å². The molecule has 0 aromatic carbocycles. The van der Waals surface area contributed by atoms with Crippen LogP contribution in [0.25, 0.3) is 0 Å². The Bertz CT molecular complexity index is 183. The number of carbonyl (C=O) groups is 1. The van der Waals surface area contributed by atoms with Crippen molar-refractivity contribution in [3.63, 3.8) is 0 Å². The van der Waals surface area contributed by atoms with Gasteiger partial charge in [-0.3, -0.25) is 4.79 Å². The molecule has 1 aliphatic heterocycles. The third kappa shape index (κ3) is 4.82. The number of ether oxygens (including phenoxy) is 1. The second-order valence-corrected chi connectivity index (χ2v) is 4.54. The van der Waals surface area contributed by atoms with E-state index in [-0.39, 0.29) is 30.0 Å². The van der Waals surface area contributed by atoms with Gasteiger partial charge >= 0.3 is 5.97 Å². The smallest absolute Gasteiger partial charge is 0.323 e. The predicted molar refractivity (Wildman–Crippen MR) is 58.7 cm³/mol. The summed E-state index contributed by atoms with van der Waals surface area (Å²) in [6.45, 7) is 6.62. The van der Waals surface area contributed by atoms with Gasteiger partial charge in [-0.05, 0) is 40.2 Å². The molecule has 3 nitrogen and oxygen atoms in total. The van der Waals surface area contributed by atoms with Gasteiger partial charge in [0.25, 0.3) is 0 Å². The topological polar surface area (TPSA) is 38.3 Å². The second kappa shape index (κ2) is 5.56. The van der Waals surface area contributed by atoms with Crippen molar-refractivity contribution in [1.29, 1.82) is 0 Å². The molecule has 0 radical (unpaired) electrons. The molecule has 1 atom stereocenters. The van der Waals surface area contributed by atoms with Crippen molar-refractivity contribution in [1.82, 2.24) is 5.32 Å². The first kappa shape index (κ1) is 13.7. The van der Waals surface area contributed by atoms with Crippen molar-refractivity contribution in [3.8, 4) is 0 Å². The average Bonchev–Trinajstić information content (AvgIpc) is 2.03. The molecule has 84 valence electrons. The Labute approximate surface area is 92.0 Å². The zero-order valence-corrected chi connectivity index (χ0v) is 9.95. The summed E-state index contributed by atoms with van der Waals surface area (Å²) in [5, 5.41) is 3.17. The Balaban J connectivity index is 0.00000169. The maximum atomic E-state index is 11.5. The molecule has 0 bridgehead atoms. The molecule has 1 fully saturated rings. The van der Waals surface area contributed by atoms with Crippen LogP contribution in [0.2, 0.25) is 0 Å². The van der Waals surface area contributed by atoms with E-state index in [0.29, 0.717) is 0 Å². The van der Waals surface area contributed by atoms with Crippen LogP contribution >= 0.6 is 12.4 Å². The molecule has 1 rings (SSSR count). The molecule has 0 spiro atoms. The Morgan fingerprint density at radius 2 is 2.00 bits per heavy atom. The van der Waals surface area contributed by atoms with E-state index in [4.69, 9.17) is 4.74 Å². The van der Waals surface area contributed by atoms with E-state index >= 15 is 0 Å². The van der Waals surface area contributed by atoms with E-state index in [1.807, 2.05) is 20.8 Å². The fourth-order valence-electron chi connectivity index (χ4n) is 1.43. The summed E-state index contributed by atoms with van der Waals surface area (Å²) in [6.07, 6.45) is 3.20. The van der Waals surface area contributed by atoms with Crippen LogP contribution in [0.5, 0.6) is 0 Å². The van der Waals surface area contributed by atoms with Crippen LogP contribution in [0.1, 0.15) is 40.0 Å². The summed E-state index contributed by atoms with van der Waals surface area (Å²) in [7, 11) is 0. The molecule has 0 unspecified atom stereocenters. The summed E-state index contributed by atoms with van der Waals surface area (Å²) in [4.78, 5) is 11.5. The number of hydrogen-bond donors (Lipinski definition) is 1. The number of hydrogen-bond acceptors (Lipinski definition) is 3. The van der Waals surface area contributed by atoms with Gasteiger partial charge < -0.3 is 10.1 Å². The zero-order valence-electron chi connectivity index (χ0n) is 9.13. The molecule has 1 aliphatic rings. The largest absolute Gasteiger partial charge is 0.459 e. The summed E-state index contributed by atoms with van der Waals surface area (Å²) >= 11 is 0. The molecule has 1 N–H and O–H groups in total. The van der Waals surface area contributed by atoms with Crippen molar-refractivity contribution in [3.05, 3.63) is 0 Å². The van der Waals surface area contributed by atoms with Crippen LogP contribution < -0.4 is 5.32 Å². The van der Waals surface area contributed by atoms with E-state index in [2.05, 4.69) is 5.32 Å². The number of esters is 1. The highest BCUT2D eigenvalue weighted by atomic mass is 35.5. The molecule has 4 heteroatoms. The average molecular weight is 222 g/mol. The second-order valence-electron chi connectivity index (χ2n) is 4.54. The SMILES string of the molecule is CC(C)(C)OC(=O)[C@H]1CCCCN1.Cl. The molecule has 0 aliphatic carbocycles. The van der Waals surface area contributed by atoms with Gasteiger partial charge in [0.15, 0.2) is 0 Å². The van der Waals surface area contributed by atoms with E-state index < -0.39 is 0 Å². The number of nitrogens with one attached hydrogen (secondary N) is 1. The molecule has 0 aromatic heterocycles. The van der Waals surface area contributed by atoms with Crippen LogP contribution in [-0.2, 0) is 9.53 Å². The van der Waals surface area contributed by atoms with Gasteiger partial charge in [0, 0.05) is 0 Å². The maximum absolute atomic E-state index is 11.5. The van der Waals surface area contributed by atoms with E-state index in [9.17, 15) is 4.79 Å². The van der Waals surface area contributed by atoms with Gasteiger partial charge in [-0.1, -0.05) is 6.42 Å². The van der Waals surface area contributed by atoms with Crippen molar-refractivity contribution < 1.29 is 9.53 Å². The number of rotatable bonds is 1. The normalized spacial score (nSPS) is 22.4. The number of halogens is 1. The van der Waals surface area contributed by atoms with Gasteiger partial charge in [-0.2, -0.15) is 0 Å². The van der Waals surface area contributed by atoms with E-state index in [0.717, 1.165) is 19.4 Å². The Hall–Kier alpha value is -0.280. The van der Waals surface area contributed by atoms with Gasteiger partial charge in [0.1, 0.15) is 11.6 Å². The number of piperidine rings is 1. The fraction of sp³-hybridized carbons (Fsp3) is 0.900. The Kier molecular flexibility index (Phi) is 5.45. The fourth-order valence-corrected chi connectivity index (χ4v) is 1.43. The van der Waals surface area contributed by atoms with Crippen LogP contribution in [0.4, 0.5) is 0 Å². The maximum Gasteiger partial charge on any atom is 0.323 e. The highest BCUT2D eigenvalue weighted by molar-refractivity contribution is 5.85. The Morgan fingerprint density at radius 3 is 2.43 bits per heavy atom. The molecule has 1 heterocycles. The minimum Gasteiger partial charge on any atom is -0.459 e. The molecule has 0 saturated carbocycles. The van der Waals surface area contributed by atoms with Gasteiger partial charge in [0.05, 0.1) is 0 Å². The molecular formula is C10H20ClNO2. The number of carbonyl (C=O) groups excluding carboxylic acids is 1. The quantitative estimate of drug-likeness (QED) is 0.688. The minimum atomic E-state index is -0.365. The van der Waals surface area contributed by atoms with Crippen molar-refractivity contribution in [2.24, 2.45) is 0 Å². The Morgan fingerprint density at radius 1 is 1.36 bits per heavy atom. The van der Waals surface area contributed by atoms with Crippen molar-refractivity contribution in [2.75, 3.05) is 6.54 Å². The minimum absolute atomic E-state index is 0. The molecule has 0 aromatic rings. The monoisotopic (exact) mass is 221 g/mol. The third-order valence-electron chi connectivity index (χ3n) is 2.00. The standard InChI is InChI=1S/C10H19NO2.ClH/c1-10(2,3)13-9(12)8-6-4-5-7-11-8;/h8,11H,4-7H2,1-3H3;1H/t8-;/m1./s1. The van der Waals surface area contributed by atoms with Gasteiger partial charge in [-0.15, -0.1) is 12.4 Å². The summed E-state index contributed by atoms with van der Waals surface area (Å²) < 4.78 is 5.28. The molecule has 0 amide bonds. The van der Waals surface area contributed by atoms with Gasteiger partial charge in [-0.25, -0.2) is 0 Å². The first-order chi connectivity index (χ1) is 5.99. The van der Waals surface area contributed by atoms with Crippen molar-refractivity contribution in [2.45, 2.75) is 51.7 Å². The van der Waals surface area contributed by atoms with E-state index in [1.54, 1.807) is 0 Å². The van der Waals surface area contributed by atoms with Crippen LogP contribution in [0, 0.1) is 0 Å². The van der Waals surface area contributed by atoms with Crippen LogP contribution in [0.15, 0.2) is 0 Å². The summed E-state index contributed by atoms with van der Waals surface area (Å²) in [6, 6.07) is -0.0759. The van der Waals surface area contributed by atoms with Crippen LogP contribution in [-0.4, -0.2) is 24.2 Å². The van der Waals surface area contributed by atoms with Crippen LogP contribution in [0.3, 0.4) is 0 Å². The molecule has 14 heavy (non-hydrogen) atoms. The lowest BCUT2D eigenvalue weighted by Gasteiger charge is -2.26. The highest BCUT2D eigenvalue weighted by Gasteiger charge is 2.25. The van der Waals surface area contributed by atoms with E-state index in [1.165, 1.54) is 6.42 Å². The highest BCUT2D eigenvalue weighted by Crippen LogP contribution is 2.13. The third-order valence-corrected chi connectivity index (χ3v) is 2.00. The molecule has 1 saturated heterocycles. The first-order valence-corrected chi connectivity index (χ1v) is 4.95. The predicted octanol–water partition coefficient (Wildman–Crippen LogP) is 1.89. The lowest BCUT2D eigenvalue weighted by molar-refractivity contribution is -0.158. The lowest BCUT2D eigenvalue weighted by atomic mass is 10.0. The lowest BCUT2D eigenvalue weighted by Crippen LogP contribution is -2.43. The van der Waals surface area contributed by atoms with Crippen molar-refractivity contribution >= 4 is 18.4 Å². The molecular weight excluding hydrogens is 202 g/mol. The first-order valence-electron chi connectivity index (χ1n) is 4.95. The summed E-state index contributed by atoms with van der Waals surface area (Å²) in [5.74, 6) is -0.104.